The summed E-state index contributed by atoms with van der Waals surface area (Å²) in [6.07, 6.45) is 0.487. The maximum Gasteiger partial charge on any atom is 0.264 e. The molecule has 1 aromatic carbocycles. The van der Waals surface area contributed by atoms with Crippen LogP contribution in [-0.4, -0.2) is 42.5 Å². The molecule has 1 saturated heterocycles. The molecule has 19 heavy (non-hydrogen) atoms. The zero-order valence-corrected chi connectivity index (χ0v) is 11.2. The number of hydrazine groups is 1. The predicted molar refractivity (Wildman–Crippen MR) is 71.6 cm³/mol. The molecule has 106 valence electrons. The quantitative estimate of drug-likeness (QED) is 0.670. The van der Waals surface area contributed by atoms with Crippen molar-refractivity contribution in [1.82, 2.24) is 9.91 Å². The van der Waals surface area contributed by atoms with Gasteiger partial charge in [-0.05, 0) is 18.5 Å². The maximum atomic E-state index is 14.1. The van der Waals surface area contributed by atoms with Gasteiger partial charge in [0.1, 0.15) is 0 Å². The van der Waals surface area contributed by atoms with E-state index < -0.39 is 11.8 Å². The molecule has 1 aliphatic rings. The topological polar surface area (TPSA) is 32.5 Å². The first-order valence-corrected chi connectivity index (χ1v) is 6.57. The van der Waals surface area contributed by atoms with Gasteiger partial charge >= 0.3 is 0 Å². The van der Waals surface area contributed by atoms with E-state index in [1.54, 1.807) is 7.05 Å². The van der Waals surface area contributed by atoms with Crippen molar-refractivity contribution in [2.45, 2.75) is 18.9 Å². The van der Waals surface area contributed by atoms with E-state index in [2.05, 4.69) is 0 Å². The molecular weight excluding hydrogens is 248 g/mol. The number of rotatable bonds is 4. The molecule has 1 unspecified atom stereocenters. The van der Waals surface area contributed by atoms with Crippen LogP contribution in [0, 0.1) is 5.92 Å². The van der Waals surface area contributed by atoms with Crippen LogP contribution in [0.2, 0.25) is 0 Å². The average Bonchev–Trinajstić information content (AvgIpc) is 2.33. The fourth-order valence-electron chi connectivity index (χ4n) is 2.60. The van der Waals surface area contributed by atoms with Gasteiger partial charge in [0.15, 0.2) is 0 Å². The van der Waals surface area contributed by atoms with Crippen LogP contribution in [0.5, 0.6) is 0 Å². The van der Waals surface area contributed by atoms with Gasteiger partial charge in [0, 0.05) is 26.1 Å². The van der Waals surface area contributed by atoms with Gasteiger partial charge in [0.25, 0.3) is 5.92 Å². The minimum Gasteiger partial charge on any atom is -0.293 e. The SMILES string of the molecule is CN(N)CC1CCN(Cc2ccccc2)CC1(F)F. The number of piperidine rings is 1. The number of nitrogens with two attached hydrogens (primary N) is 1. The van der Waals surface area contributed by atoms with Crippen molar-refractivity contribution in [2.24, 2.45) is 11.8 Å². The third-order valence-electron chi connectivity index (χ3n) is 3.58. The van der Waals surface area contributed by atoms with E-state index in [-0.39, 0.29) is 13.1 Å². The standard InChI is InChI=1S/C14H21F2N3/c1-18(17)10-13-7-8-19(11-14(13,15)16)9-12-5-3-2-4-6-12/h2-6,13H,7-11,17H2,1H3. The molecule has 0 spiro atoms. The number of benzene rings is 1. The zero-order valence-electron chi connectivity index (χ0n) is 11.2. The molecule has 0 bridgehead atoms. The van der Waals surface area contributed by atoms with Crippen molar-refractivity contribution in [3.8, 4) is 0 Å². The Bertz CT molecular complexity index is 395. The lowest BCUT2D eigenvalue weighted by Crippen LogP contribution is -2.52. The molecule has 2 rings (SSSR count). The normalized spacial score (nSPS) is 23.7. The number of alkyl halides is 2. The van der Waals surface area contributed by atoms with Crippen molar-refractivity contribution in [3.05, 3.63) is 35.9 Å². The zero-order chi connectivity index (χ0) is 13.9. The molecule has 0 aromatic heterocycles. The number of halogens is 2. The maximum absolute atomic E-state index is 14.1. The minimum atomic E-state index is -2.67. The van der Waals surface area contributed by atoms with Crippen molar-refractivity contribution < 1.29 is 8.78 Å². The predicted octanol–water partition coefficient (Wildman–Crippen LogP) is 1.95. The monoisotopic (exact) mass is 269 g/mol. The molecule has 1 atom stereocenters. The summed E-state index contributed by atoms with van der Waals surface area (Å²) < 4.78 is 28.1. The van der Waals surface area contributed by atoms with E-state index in [4.69, 9.17) is 5.84 Å². The van der Waals surface area contributed by atoms with Crippen LogP contribution in [0.4, 0.5) is 8.78 Å². The summed E-state index contributed by atoms with van der Waals surface area (Å²) >= 11 is 0. The van der Waals surface area contributed by atoms with Crippen LogP contribution >= 0.6 is 0 Å². The summed E-state index contributed by atoms with van der Waals surface area (Å²) in [6.45, 7) is 1.34. The summed E-state index contributed by atoms with van der Waals surface area (Å²) in [6, 6.07) is 9.74. The van der Waals surface area contributed by atoms with Crippen molar-refractivity contribution in [3.63, 3.8) is 0 Å². The summed E-state index contributed by atoms with van der Waals surface area (Å²) in [7, 11) is 1.63. The highest BCUT2D eigenvalue weighted by molar-refractivity contribution is 5.14. The lowest BCUT2D eigenvalue weighted by molar-refractivity contribution is -0.118. The Hall–Kier alpha value is -1.04. The number of likely N-dealkylation sites (tertiary alicyclic amines) is 1. The second-order valence-corrected chi connectivity index (χ2v) is 5.38. The third kappa shape index (κ3) is 3.96. The number of hydrogen-bond acceptors (Lipinski definition) is 3. The van der Waals surface area contributed by atoms with Crippen LogP contribution < -0.4 is 5.84 Å². The molecule has 2 N–H and O–H groups in total. The highest BCUT2D eigenvalue weighted by Crippen LogP contribution is 2.33. The molecule has 0 aliphatic carbocycles. The number of hydrogen-bond donors (Lipinski definition) is 1. The summed E-state index contributed by atoms with van der Waals surface area (Å²) in [5.74, 6) is 2.18. The van der Waals surface area contributed by atoms with Gasteiger partial charge < -0.3 is 0 Å². The first-order chi connectivity index (χ1) is 8.97. The Balaban J connectivity index is 1.94. The van der Waals surface area contributed by atoms with Crippen LogP contribution in [0.1, 0.15) is 12.0 Å². The Kier molecular flexibility index (Phi) is 4.50. The van der Waals surface area contributed by atoms with Gasteiger partial charge in [0.05, 0.1) is 6.54 Å². The minimum absolute atomic E-state index is 0.180. The van der Waals surface area contributed by atoms with Crippen LogP contribution in [-0.2, 0) is 6.54 Å². The molecule has 0 saturated carbocycles. The lowest BCUT2D eigenvalue weighted by Gasteiger charge is -2.39. The Morgan fingerprint density at radius 3 is 2.63 bits per heavy atom. The molecule has 1 heterocycles. The molecule has 5 heteroatoms. The van der Waals surface area contributed by atoms with Crippen molar-refractivity contribution in [2.75, 3.05) is 26.7 Å². The van der Waals surface area contributed by atoms with Gasteiger partial charge in [-0.2, -0.15) is 0 Å². The van der Waals surface area contributed by atoms with Gasteiger partial charge in [-0.15, -0.1) is 0 Å². The second-order valence-electron chi connectivity index (χ2n) is 5.38. The van der Waals surface area contributed by atoms with Crippen molar-refractivity contribution in [1.29, 1.82) is 0 Å². The largest absolute Gasteiger partial charge is 0.293 e. The van der Waals surface area contributed by atoms with Gasteiger partial charge in [-0.3, -0.25) is 10.7 Å². The summed E-state index contributed by atoms with van der Waals surface area (Å²) in [4.78, 5) is 1.82. The van der Waals surface area contributed by atoms with Crippen LogP contribution in [0.25, 0.3) is 0 Å². The molecule has 1 aliphatic heterocycles. The lowest BCUT2D eigenvalue weighted by atomic mass is 9.92. The van der Waals surface area contributed by atoms with Gasteiger partial charge in [0.2, 0.25) is 0 Å². The van der Waals surface area contributed by atoms with E-state index >= 15 is 0 Å². The Labute approximate surface area is 113 Å². The molecule has 3 nitrogen and oxygen atoms in total. The Morgan fingerprint density at radius 2 is 2.05 bits per heavy atom. The number of nitrogens with zero attached hydrogens (tertiary/aromatic N) is 2. The highest BCUT2D eigenvalue weighted by Gasteiger charge is 2.44. The fourth-order valence-corrected chi connectivity index (χ4v) is 2.60. The molecule has 1 fully saturated rings. The van der Waals surface area contributed by atoms with E-state index in [1.165, 1.54) is 5.01 Å². The first-order valence-electron chi connectivity index (χ1n) is 6.57. The summed E-state index contributed by atoms with van der Waals surface area (Å²) in [5.41, 5.74) is 1.08. The van der Waals surface area contributed by atoms with E-state index in [1.807, 2.05) is 35.2 Å². The second kappa shape index (κ2) is 5.94. The molecule has 1 aromatic rings. The smallest absolute Gasteiger partial charge is 0.264 e. The summed E-state index contributed by atoms with van der Waals surface area (Å²) in [5, 5.41) is 1.35. The highest BCUT2D eigenvalue weighted by atomic mass is 19.3. The van der Waals surface area contributed by atoms with Gasteiger partial charge in [-0.25, -0.2) is 13.8 Å². The van der Waals surface area contributed by atoms with Crippen LogP contribution in [0.15, 0.2) is 30.3 Å². The molecule has 0 amide bonds. The van der Waals surface area contributed by atoms with E-state index in [9.17, 15) is 8.78 Å². The average molecular weight is 269 g/mol. The first kappa shape index (κ1) is 14.4. The van der Waals surface area contributed by atoms with Crippen LogP contribution in [0.3, 0.4) is 0 Å². The molecular formula is C14H21F2N3. The fraction of sp³-hybridized carbons (Fsp3) is 0.571. The van der Waals surface area contributed by atoms with Crippen molar-refractivity contribution >= 4 is 0 Å². The molecule has 0 radical (unpaired) electrons. The third-order valence-corrected chi connectivity index (χ3v) is 3.58. The Morgan fingerprint density at radius 1 is 1.37 bits per heavy atom. The van der Waals surface area contributed by atoms with Gasteiger partial charge in [-0.1, -0.05) is 30.3 Å². The van der Waals surface area contributed by atoms with E-state index in [0.29, 0.717) is 19.5 Å². The van der Waals surface area contributed by atoms with E-state index in [0.717, 1.165) is 5.56 Å².